The highest BCUT2D eigenvalue weighted by Gasteiger charge is 2.24. The number of benzene rings is 2. The number of carbonyl (C=O) groups excluding carboxylic acids is 3. The number of rotatable bonds is 8. The molecule has 0 bridgehead atoms. The van der Waals surface area contributed by atoms with Gasteiger partial charge in [0.2, 0.25) is 0 Å². The molecule has 0 saturated carbocycles. The smallest absolute Gasteiger partial charge is 0.339 e. The van der Waals surface area contributed by atoms with Crippen LogP contribution in [0.5, 0.6) is 0 Å². The highest BCUT2D eigenvalue weighted by molar-refractivity contribution is 6.05. The summed E-state index contributed by atoms with van der Waals surface area (Å²) in [5.41, 5.74) is 1.33. The van der Waals surface area contributed by atoms with Gasteiger partial charge >= 0.3 is 5.97 Å². The molecule has 2 aromatic carbocycles. The first-order valence-corrected chi connectivity index (χ1v) is 8.92. The monoisotopic (exact) mass is 380 g/mol. The molecule has 1 N–H and O–H groups in total. The van der Waals surface area contributed by atoms with Gasteiger partial charge in [-0.2, -0.15) is 0 Å². The average Bonchev–Trinajstić information content (AvgIpc) is 2.71. The first-order valence-electron chi connectivity index (χ1n) is 8.92. The van der Waals surface area contributed by atoms with E-state index in [2.05, 4.69) is 11.9 Å². The second kappa shape index (κ2) is 10.1. The van der Waals surface area contributed by atoms with Gasteiger partial charge in [-0.1, -0.05) is 48.5 Å². The summed E-state index contributed by atoms with van der Waals surface area (Å²) in [6, 6.07) is 16.0. The molecule has 0 aliphatic carbocycles. The highest BCUT2D eigenvalue weighted by Crippen LogP contribution is 2.15. The van der Waals surface area contributed by atoms with Crippen LogP contribution >= 0.6 is 0 Å². The van der Waals surface area contributed by atoms with Crippen LogP contribution in [0.25, 0.3) is 0 Å². The highest BCUT2D eigenvalue weighted by atomic mass is 16.5. The van der Waals surface area contributed by atoms with Gasteiger partial charge in [0, 0.05) is 20.1 Å². The molecular weight excluding hydrogens is 356 g/mol. The van der Waals surface area contributed by atoms with Gasteiger partial charge < -0.3 is 15.0 Å². The lowest BCUT2D eigenvalue weighted by Gasteiger charge is -2.19. The fourth-order valence-corrected chi connectivity index (χ4v) is 2.58. The predicted molar refractivity (Wildman–Crippen MR) is 107 cm³/mol. The van der Waals surface area contributed by atoms with Crippen LogP contribution in [0.2, 0.25) is 0 Å². The largest absolute Gasteiger partial charge is 0.449 e. The molecule has 2 aromatic rings. The maximum atomic E-state index is 12.9. The molecular formula is C22H24N2O4. The summed E-state index contributed by atoms with van der Waals surface area (Å²) >= 11 is 0. The Kier molecular flexibility index (Phi) is 7.51. The number of esters is 1. The molecule has 0 unspecified atom stereocenters. The molecule has 0 fully saturated rings. The maximum absolute atomic E-state index is 12.9. The third-order valence-corrected chi connectivity index (χ3v) is 4.06. The van der Waals surface area contributed by atoms with Crippen molar-refractivity contribution in [1.82, 2.24) is 10.2 Å². The fraction of sp³-hybridized carbons (Fsp3) is 0.227. The van der Waals surface area contributed by atoms with Crippen molar-refractivity contribution in [3.05, 3.63) is 83.9 Å². The number of amides is 2. The topological polar surface area (TPSA) is 75.7 Å². The fourth-order valence-electron chi connectivity index (χ4n) is 2.58. The Bertz CT molecular complexity index is 849. The van der Waals surface area contributed by atoms with Crippen LogP contribution in [-0.4, -0.2) is 42.4 Å². The lowest BCUT2D eigenvalue weighted by molar-refractivity contribution is -0.128. The van der Waals surface area contributed by atoms with E-state index in [9.17, 15) is 14.4 Å². The van der Waals surface area contributed by atoms with Gasteiger partial charge in [0.25, 0.3) is 11.8 Å². The molecule has 6 nitrogen and oxygen atoms in total. The second-order valence-corrected chi connectivity index (χ2v) is 6.27. The first-order chi connectivity index (χ1) is 13.4. The van der Waals surface area contributed by atoms with Gasteiger partial charge in [-0.05, 0) is 24.6 Å². The van der Waals surface area contributed by atoms with Crippen LogP contribution in [0.3, 0.4) is 0 Å². The third-order valence-electron chi connectivity index (χ3n) is 4.06. The van der Waals surface area contributed by atoms with Gasteiger partial charge in [0.15, 0.2) is 6.10 Å². The zero-order valence-electron chi connectivity index (χ0n) is 16.1. The molecule has 0 aliphatic rings. The van der Waals surface area contributed by atoms with E-state index in [1.165, 1.54) is 24.0 Å². The lowest BCUT2D eigenvalue weighted by atomic mass is 10.1. The van der Waals surface area contributed by atoms with E-state index in [1.807, 2.05) is 30.3 Å². The normalized spacial score (nSPS) is 11.2. The minimum atomic E-state index is -0.988. The van der Waals surface area contributed by atoms with Crippen molar-refractivity contribution in [2.24, 2.45) is 0 Å². The molecule has 0 radical (unpaired) electrons. The van der Waals surface area contributed by atoms with E-state index >= 15 is 0 Å². The summed E-state index contributed by atoms with van der Waals surface area (Å²) in [4.78, 5) is 38.8. The third kappa shape index (κ3) is 5.54. The molecule has 0 spiro atoms. The average molecular weight is 380 g/mol. The Morgan fingerprint density at radius 3 is 2.32 bits per heavy atom. The Hall–Kier alpha value is -3.41. The van der Waals surface area contributed by atoms with Gasteiger partial charge in [-0.15, -0.1) is 6.58 Å². The van der Waals surface area contributed by atoms with Crippen LogP contribution in [0.15, 0.2) is 67.3 Å². The molecule has 146 valence electrons. The van der Waals surface area contributed by atoms with Crippen LogP contribution in [0.4, 0.5) is 0 Å². The maximum Gasteiger partial charge on any atom is 0.339 e. The van der Waals surface area contributed by atoms with Crippen LogP contribution in [0, 0.1) is 0 Å². The van der Waals surface area contributed by atoms with Crippen molar-refractivity contribution in [3.8, 4) is 0 Å². The van der Waals surface area contributed by atoms with Crippen molar-refractivity contribution in [2.45, 2.75) is 19.6 Å². The lowest BCUT2D eigenvalue weighted by Crippen LogP contribution is -2.36. The van der Waals surface area contributed by atoms with Gasteiger partial charge in [0.1, 0.15) is 0 Å². The van der Waals surface area contributed by atoms with Gasteiger partial charge in [0.05, 0.1) is 11.1 Å². The number of ether oxygens (including phenoxy) is 1. The Labute approximate surface area is 164 Å². The van der Waals surface area contributed by atoms with E-state index in [0.29, 0.717) is 6.54 Å². The molecule has 0 aromatic heterocycles. The molecule has 28 heavy (non-hydrogen) atoms. The minimum absolute atomic E-state index is 0.121. The number of hydrogen-bond acceptors (Lipinski definition) is 4. The quantitative estimate of drug-likeness (QED) is 0.564. The molecule has 0 aliphatic heterocycles. The Morgan fingerprint density at radius 2 is 1.68 bits per heavy atom. The molecule has 0 heterocycles. The number of nitrogens with zero attached hydrogens (tertiary/aromatic N) is 1. The van der Waals surface area contributed by atoms with E-state index < -0.39 is 18.0 Å². The summed E-state index contributed by atoms with van der Waals surface area (Å²) in [7, 11) is 1.67. The summed E-state index contributed by atoms with van der Waals surface area (Å²) in [5, 5.41) is 2.56. The first kappa shape index (κ1) is 20.9. The Balaban J connectivity index is 2.12. The minimum Gasteiger partial charge on any atom is -0.449 e. The SMILES string of the molecule is C=CCNC(=O)[C@H](C)OC(=O)c1ccccc1C(=O)N(C)Cc1ccccc1. The van der Waals surface area contributed by atoms with Gasteiger partial charge in [-0.3, -0.25) is 9.59 Å². The van der Waals surface area contributed by atoms with Gasteiger partial charge in [-0.25, -0.2) is 4.79 Å². The predicted octanol–water partition coefficient (Wildman–Crippen LogP) is 2.81. The van der Waals surface area contributed by atoms with Crippen LogP contribution in [0.1, 0.15) is 33.2 Å². The summed E-state index contributed by atoms with van der Waals surface area (Å²) in [6.07, 6.45) is 0.542. The van der Waals surface area contributed by atoms with Crippen LogP contribution < -0.4 is 5.32 Å². The van der Waals surface area contributed by atoms with E-state index in [-0.39, 0.29) is 23.6 Å². The standard InChI is InChI=1S/C22H24N2O4/c1-4-14-23-20(25)16(2)28-22(27)19-13-9-8-12-18(19)21(26)24(3)15-17-10-6-5-7-11-17/h4-13,16H,1,14-15H2,2-3H3,(H,23,25)/t16-/m0/s1. The van der Waals surface area contributed by atoms with E-state index in [1.54, 1.807) is 25.2 Å². The summed E-state index contributed by atoms with van der Waals surface area (Å²) in [5.74, 6) is -1.46. The molecule has 6 heteroatoms. The number of hydrogen-bond donors (Lipinski definition) is 1. The van der Waals surface area contributed by atoms with Crippen molar-refractivity contribution in [3.63, 3.8) is 0 Å². The number of nitrogens with one attached hydrogen (secondary N) is 1. The summed E-state index contributed by atoms with van der Waals surface area (Å²) < 4.78 is 5.23. The van der Waals surface area contributed by atoms with Crippen LogP contribution in [-0.2, 0) is 16.1 Å². The summed E-state index contributed by atoms with van der Waals surface area (Å²) in [6.45, 7) is 5.67. The van der Waals surface area contributed by atoms with Crippen molar-refractivity contribution in [2.75, 3.05) is 13.6 Å². The molecule has 2 amide bonds. The molecule has 2 rings (SSSR count). The Morgan fingerprint density at radius 1 is 1.07 bits per heavy atom. The number of carbonyl (C=O) groups is 3. The van der Waals surface area contributed by atoms with Crippen molar-refractivity contribution in [1.29, 1.82) is 0 Å². The van der Waals surface area contributed by atoms with Crippen molar-refractivity contribution >= 4 is 17.8 Å². The van der Waals surface area contributed by atoms with E-state index in [4.69, 9.17) is 4.74 Å². The molecule has 1 atom stereocenters. The molecule has 0 saturated heterocycles. The zero-order chi connectivity index (χ0) is 20.5. The van der Waals surface area contributed by atoms with Crippen molar-refractivity contribution < 1.29 is 19.1 Å². The zero-order valence-corrected chi connectivity index (χ0v) is 16.1. The van der Waals surface area contributed by atoms with E-state index in [0.717, 1.165) is 5.56 Å². The second-order valence-electron chi connectivity index (χ2n) is 6.27.